The Hall–Kier alpha value is -1.13. The van der Waals surface area contributed by atoms with Crippen LogP contribution in [-0.4, -0.2) is 34.9 Å². The van der Waals surface area contributed by atoms with Crippen LogP contribution in [0.25, 0.3) is 0 Å². The highest BCUT2D eigenvalue weighted by molar-refractivity contribution is 5.76. The summed E-state index contributed by atoms with van der Waals surface area (Å²) in [6.07, 6.45) is 78.2. The molecule has 0 saturated carbocycles. The Kier molecular flexibility index (Phi) is 57.2. The lowest BCUT2D eigenvalue weighted by molar-refractivity contribution is -0.123. The summed E-state index contributed by atoms with van der Waals surface area (Å²) < 4.78 is 0. The summed E-state index contributed by atoms with van der Waals surface area (Å²) in [5, 5.41) is 23.1. The zero-order chi connectivity index (χ0) is 47.7. The normalized spacial score (nSPS) is 12.8. The molecular weight excluding hydrogens is 807 g/mol. The van der Waals surface area contributed by atoms with Crippen LogP contribution in [0.3, 0.4) is 0 Å². The fraction of sp³-hybridized carbons (Fsp3) is 0.919. The molecule has 392 valence electrons. The molecule has 3 N–H and O–H groups in total. The number of rotatable bonds is 57. The van der Waals surface area contributed by atoms with Gasteiger partial charge in [0, 0.05) is 6.42 Å². The summed E-state index contributed by atoms with van der Waals surface area (Å²) in [7, 11) is 0. The van der Waals surface area contributed by atoms with Gasteiger partial charge in [0.05, 0.1) is 18.8 Å². The molecule has 0 fully saturated rings. The number of aliphatic hydroxyl groups excluding tert-OH is 2. The molecule has 0 aromatic rings. The SMILES string of the molecule is CCCCCCCCCC/C=C/CC/C=C/C(O)C(CO)NC(=O)CCCCCCCCCCCCCCCCCCCCCCCCCCCCCCCCCCCCCCCCCC. The maximum atomic E-state index is 12.4. The Bertz CT molecular complexity index is 963. The van der Waals surface area contributed by atoms with Crippen molar-refractivity contribution in [2.75, 3.05) is 6.61 Å². The molecule has 0 bridgehead atoms. The summed E-state index contributed by atoms with van der Waals surface area (Å²) >= 11 is 0. The Balaban J connectivity index is 3.35. The molecule has 0 aliphatic carbocycles. The predicted molar refractivity (Wildman–Crippen MR) is 295 cm³/mol. The molecule has 0 aliphatic rings. The first-order chi connectivity index (χ1) is 32.7. The number of hydrogen-bond donors (Lipinski definition) is 3. The van der Waals surface area contributed by atoms with Crippen molar-refractivity contribution in [1.82, 2.24) is 5.32 Å². The zero-order valence-corrected chi connectivity index (χ0v) is 45.2. The highest BCUT2D eigenvalue weighted by atomic mass is 16.3. The molecule has 0 radical (unpaired) electrons. The highest BCUT2D eigenvalue weighted by Gasteiger charge is 2.18. The van der Waals surface area contributed by atoms with Crippen LogP contribution in [0.4, 0.5) is 0 Å². The summed E-state index contributed by atoms with van der Waals surface area (Å²) in [5.74, 6) is -0.0675. The van der Waals surface area contributed by atoms with E-state index in [0.29, 0.717) is 6.42 Å². The third-order valence-corrected chi connectivity index (χ3v) is 14.4. The average molecular weight is 929 g/mol. The van der Waals surface area contributed by atoms with E-state index >= 15 is 0 Å². The molecule has 1 amide bonds. The standard InChI is InChI=1S/C62H121NO3/c1-3-5-7-9-11-13-15-17-19-20-21-22-23-24-25-26-27-28-29-30-31-32-33-34-35-36-37-38-39-40-41-42-43-44-46-48-50-52-54-56-58-62(66)63-60(59-64)61(65)57-55-53-51-49-47-45-18-16-14-12-10-8-6-4-2/h47,49,55,57,60-61,64-65H,3-46,48,50-54,56,58-59H2,1-2H3,(H,63,66)/b49-47+,57-55+. The minimum absolute atomic E-state index is 0.0675. The van der Waals surface area contributed by atoms with Crippen molar-refractivity contribution < 1.29 is 15.0 Å². The molecule has 0 spiro atoms. The lowest BCUT2D eigenvalue weighted by Gasteiger charge is -2.19. The molecule has 66 heavy (non-hydrogen) atoms. The van der Waals surface area contributed by atoms with Crippen LogP contribution in [0.15, 0.2) is 24.3 Å². The molecular formula is C62H121NO3. The van der Waals surface area contributed by atoms with Crippen molar-refractivity contribution in [1.29, 1.82) is 0 Å². The van der Waals surface area contributed by atoms with Crippen LogP contribution in [0.5, 0.6) is 0 Å². The van der Waals surface area contributed by atoms with E-state index in [1.807, 2.05) is 6.08 Å². The predicted octanol–water partition coefficient (Wildman–Crippen LogP) is 20.3. The summed E-state index contributed by atoms with van der Waals surface area (Å²) in [5.41, 5.74) is 0. The van der Waals surface area contributed by atoms with Gasteiger partial charge in [-0.15, -0.1) is 0 Å². The zero-order valence-electron chi connectivity index (χ0n) is 45.2. The van der Waals surface area contributed by atoms with Crippen LogP contribution >= 0.6 is 0 Å². The number of unbranched alkanes of at least 4 members (excludes halogenated alkanes) is 48. The molecule has 0 aromatic heterocycles. The monoisotopic (exact) mass is 928 g/mol. The van der Waals surface area contributed by atoms with Crippen LogP contribution in [0.1, 0.15) is 348 Å². The topological polar surface area (TPSA) is 69.6 Å². The van der Waals surface area contributed by atoms with Crippen LogP contribution in [-0.2, 0) is 4.79 Å². The first-order valence-electron chi connectivity index (χ1n) is 30.6. The van der Waals surface area contributed by atoms with E-state index in [4.69, 9.17) is 0 Å². The van der Waals surface area contributed by atoms with E-state index in [1.165, 1.54) is 295 Å². The molecule has 0 aromatic carbocycles. The quantitative estimate of drug-likeness (QED) is 0.0420. The molecule has 0 heterocycles. The number of allylic oxidation sites excluding steroid dienone is 3. The van der Waals surface area contributed by atoms with Crippen molar-refractivity contribution in [2.24, 2.45) is 0 Å². The maximum Gasteiger partial charge on any atom is 0.220 e. The van der Waals surface area contributed by atoms with Gasteiger partial charge in [-0.1, -0.05) is 334 Å². The molecule has 0 aliphatic heterocycles. The highest BCUT2D eigenvalue weighted by Crippen LogP contribution is 2.18. The van der Waals surface area contributed by atoms with Crippen LogP contribution in [0.2, 0.25) is 0 Å². The minimum Gasteiger partial charge on any atom is -0.394 e. The van der Waals surface area contributed by atoms with E-state index in [9.17, 15) is 15.0 Å². The molecule has 4 heteroatoms. The molecule has 2 unspecified atom stereocenters. The van der Waals surface area contributed by atoms with Gasteiger partial charge in [0.25, 0.3) is 0 Å². The Morgan fingerprint density at radius 2 is 0.591 bits per heavy atom. The van der Waals surface area contributed by atoms with Gasteiger partial charge in [-0.25, -0.2) is 0 Å². The number of hydrogen-bond acceptors (Lipinski definition) is 3. The number of carbonyl (C=O) groups excluding carboxylic acids is 1. The van der Waals surface area contributed by atoms with Crippen molar-refractivity contribution in [2.45, 2.75) is 360 Å². The van der Waals surface area contributed by atoms with E-state index in [1.54, 1.807) is 6.08 Å². The molecule has 2 atom stereocenters. The van der Waals surface area contributed by atoms with E-state index in [-0.39, 0.29) is 12.5 Å². The fourth-order valence-corrected chi connectivity index (χ4v) is 9.79. The van der Waals surface area contributed by atoms with E-state index < -0.39 is 12.1 Å². The first-order valence-corrected chi connectivity index (χ1v) is 30.6. The maximum absolute atomic E-state index is 12.4. The second kappa shape index (κ2) is 58.2. The largest absolute Gasteiger partial charge is 0.394 e. The second-order valence-corrected chi connectivity index (χ2v) is 21.1. The van der Waals surface area contributed by atoms with Gasteiger partial charge in [-0.2, -0.15) is 0 Å². The van der Waals surface area contributed by atoms with E-state index in [0.717, 1.165) is 32.1 Å². The van der Waals surface area contributed by atoms with Crippen molar-refractivity contribution in [3.05, 3.63) is 24.3 Å². The third kappa shape index (κ3) is 53.8. The van der Waals surface area contributed by atoms with E-state index in [2.05, 4.69) is 31.3 Å². The third-order valence-electron chi connectivity index (χ3n) is 14.4. The van der Waals surface area contributed by atoms with Crippen molar-refractivity contribution >= 4 is 5.91 Å². The number of aliphatic hydroxyl groups is 2. The smallest absolute Gasteiger partial charge is 0.220 e. The lowest BCUT2D eigenvalue weighted by atomic mass is 10.0. The Morgan fingerprint density at radius 1 is 0.348 bits per heavy atom. The van der Waals surface area contributed by atoms with Crippen molar-refractivity contribution in [3.63, 3.8) is 0 Å². The fourth-order valence-electron chi connectivity index (χ4n) is 9.79. The number of amides is 1. The van der Waals surface area contributed by atoms with Gasteiger partial charge in [0.2, 0.25) is 5.91 Å². The van der Waals surface area contributed by atoms with Crippen LogP contribution in [0, 0.1) is 0 Å². The average Bonchev–Trinajstić information content (AvgIpc) is 3.32. The van der Waals surface area contributed by atoms with Gasteiger partial charge in [0.1, 0.15) is 0 Å². The van der Waals surface area contributed by atoms with Gasteiger partial charge in [0.15, 0.2) is 0 Å². The molecule has 0 saturated heterocycles. The number of nitrogens with one attached hydrogen (secondary N) is 1. The van der Waals surface area contributed by atoms with Crippen molar-refractivity contribution in [3.8, 4) is 0 Å². The Morgan fingerprint density at radius 3 is 0.879 bits per heavy atom. The van der Waals surface area contributed by atoms with Gasteiger partial charge < -0.3 is 15.5 Å². The second-order valence-electron chi connectivity index (χ2n) is 21.1. The lowest BCUT2D eigenvalue weighted by Crippen LogP contribution is -2.45. The number of carbonyl (C=O) groups is 1. The molecule has 4 nitrogen and oxygen atoms in total. The summed E-state index contributed by atoms with van der Waals surface area (Å²) in [6, 6.07) is -0.635. The molecule has 0 rings (SSSR count). The summed E-state index contributed by atoms with van der Waals surface area (Å²) in [6.45, 7) is 4.32. The summed E-state index contributed by atoms with van der Waals surface area (Å²) in [4.78, 5) is 12.4. The first kappa shape index (κ1) is 64.9. The van der Waals surface area contributed by atoms with Gasteiger partial charge >= 0.3 is 0 Å². The van der Waals surface area contributed by atoms with Crippen LogP contribution < -0.4 is 5.32 Å². The minimum atomic E-state index is -0.859. The van der Waals surface area contributed by atoms with Gasteiger partial charge in [-0.05, 0) is 32.1 Å². The van der Waals surface area contributed by atoms with Gasteiger partial charge in [-0.3, -0.25) is 4.79 Å². The Labute approximate surface area is 415 Å².